The number of carbonyl (C=O) groups is 2. The Morgan fingerprint density at radius 2 is 1.81 bits per heavy atom. The predicted molar refractivity (Wildman–Crippen MR) is 97.4 cm³/mol. The van der Waals surface area contributed by atoms with E-state index in [1.807, 2.05) is 17.0 Å². The third-order valence-corrected chi connectivity index (χ3v) is 5.17. The molecule has 0 unspecified atom stereocenters. The van der Waals surface area contributed by atoms with Crippen molar-refractivity contribution in [1.82, 2.24) is 19.7 Å². The van der Waals surface area contributed by atoms with Gasteiger partial charge < -0.3 is 14.5 Å². The van der Waals surface area contributed by atoms with Gasteiger partial charge in [0.25, 0.3) is 0 Å². The molecule has 26 heavy (non-hydrogen) atoms. The Balaban J connectivity index is 1.71. The molecule has 7 nitrogen and oxygen atoms in total. The summed E-state index contributed by atoms with van der Waals surface area (Å²) in [4.78, 5) is 35.6. The second kappa shape index (κ2) is 9.09. The van der Waals surface area contributed by atoms with E-state index in [4.69, 9.17) is 4.74 Å². The van der Waals surface area contributed by atoms with Crippen LogP contribution in [-0.4, -0.2) is 84.5 Å². The van der Waals surface area contributed by atoms with Crippen molar-refractivity contribution in [1.29, 1.82) is 0 Å². The van der Waals surface area contributed by atoms with E-state index in [9.17, 15) is 9.59 Å². The summed E-state index contributed by atoms with van der Waals surface area (Å²) in [6, 6.07) is 3.60. The summed E-state index contributed by atoms with van der Waals surface area (Å²) < 4.78 is 4.95. The molecule has 2 amide bonds. The van der Waals surface area contributed by atoms with Gasteiger partial charge in [-0.15, -0.1) is 0 Å². The third-order valence-electron chi connectivity index (χ3n) is 5.17. The molecule has 7 heteroatoms. The number of amides is 2. The highest BCUT2D eigenvalue weighted by molar-refractivity contribution is 5.83. The zero-order valence-electron chi connectivity index (χ0n) is 15.5. The average Bonchev–Trinajstić information content (AvgIpc) is 3.06. The van der Waals surface area contributed by atoms with Gasteiger partial charge in [-0.1, -0.05) is 6.07 Å². The molecule has 0 spiro atoms. The molecule has 0 aliphatic carbocycles. The standard InChI is InChI=1S/C19H28N4O3/c1-26-15-17(24)21-10-5-11-23(13-12-21)19(25)18(22-8-2-3-9-22)16-6-4-7-20-14-16/h4,6-7,14,18H,2-3,5,8-13,15H2,1H3/t18-/m1/s1. The van der Waals surface area contributed by atoms with Crippen molar-refractivity contribution >= 4 is 11.8 Å². The Kier molecular flexibility index (Phi) is 6.57. The lowest BCUT2D eigenvalue weighted by molar-refractivity contribution is -0.138. The number of nitrogens with zero attached hydrogens (tertiary/aromatic N) is 4. The summed E-state index contributed by atoms with van der Waals surface area (Å²) >= 11 is 0. The average molecular weight is 360 g/mol. The van der Waals surface area contributed by atoms with Gasteiger partial charge in [0.1, 0.15) is 12.6 Å². The van der Waals surface area contributed by atoms with E-state index in [1.165, 1.54) is 7.11 Å². The number of hydrogen-bond donors (Lipinski definition) is 0. The molecule has 3 rings (SSSR count). The number of rotatable bonds is 5. The molecular formula is C19H28N4O3. The van der Waals surface area contributed by atoms with Crippen molar-refractivity contribution in [3.05, 3.63) is 30.1 Å². The molecule has 3 heterocycles. The number of methoxy groups -OCH3 is 1. The van der Waals surface area contributed by atoms with Crippen LogP contribution in [-0.2, 0) is 14.3 Å². The minimum atomic E-state index is -0.271. The summed E-state index contributed by atoms with van der Waals surface area (Å²) in [6.07, 6.45) is 6.58. The van der Waals surface area contributed by atoms with E-state index in [0.29, 0.717) is 26.2 Å². The number of pyridine rings is 1. The lowest BCUT2D eigenvalue weighted by atomic mass is 10.1. The van der Waals surface area contributed by atoms with Gasteiger partial charge in [0.05, 0.1) is 0 Å². The molecule has 1 aromatic heterocycles. The number of hydrogen-bond acceptors (Lipinski definition) is 5. The molecule has 0 radical (unpaired) electrons. The topological polar surface area (TPSA) is 66.0 Å². The SMILES string of the molecule is COCC(=O)N1CCCN(C(=O)[C@@H](c2cccnc2)N2CCCC2)CC1. The molecule has 0 saturated carbocycles. The lowest BCUT2D eigenvalue weighted by Gasteiger charge is -2.32. The quantitative estimate of drug-likeness (QED) is 0.781. The summed E-state index contributed by atoms with van der Waals surface area (Å²) in [6.45, 7) is 4.47. The van der Waals surface area contributed by atoms with Crippen LogP contribution in [0.4, 0.5) is 0 Å². The van der Waals surface area contributed by atoms with Gasteiger partial charge in [-0.25, -0.2) is 0 Å². The zero-order chi connectivity index (χ0) is 18.4. The Labute approximate surface area is 154 Å². The van der Waals surface area contributed by atoms with Gasteiger partial charge in [-0.05, 0) is 44.0 Å². The van der Waals surface area contributed by atoms with Crippen LogP contribution in [0.25, 0.3) is 0 Å². The molecular weight excluding hydrogens is 332 g/mol. The van der Waals surface area contributed by atoms with Gasteiger partial charge in [-0.2, -0.15) is 0 Å². The number of carbonyl (C=O) groups excluding carboxylic acids is 2. The minimum Gasteiger partial charge on any atom is -0.375 e. The van der Waals surface area contributed by atoms with E-state index in [1.54, 1.807) is 17.3 Å². The highest BCUT2D eigenvalue weighted by atomic mass is 16.5. The summed E-state index contributed by atoms with van der Waals surface area (Å²) in [5.41, 5.74) is 0.955. The summed E-state index contributed by atoms with van der Waals surface area (Å²) in [7, 11) is 1.53. The third kappa shape index (κ3) is 4.40. The van der Waals surface area contributed by atoms with Gasteiger partial charge in [0.2, 0.25) is 11.8 Å². The van der Waals surface area contributed by atoms with Crippen molar-refractivity contribution in [2.24, 2.45) is 0 Å². The number of aromatic nitrogens is 1. The summed E-state index contributed by atoms with van der Waals surface area (Å²) in [5, 5.41) is 0. The van der Waals surface area contributed by atoms with Crippen molar-refractivity contribution in [2.45, 2.75) is 25.3 Å². The van der Waals surface area contributed by atoms with Crippen molar-refractivity contribution in [3.8, 4) is 0 Å². The first-order chi connectivity index (χ1) is 12.7. The van der Waals surface area contributed by atoms with Crippen LogP contribution in [0.15, 0.2) is 24.5 Å². The first-order valence-electron chi connectivity index (χ1n) is 9.40. The van der Waals surface area contributed by atoms with Crippen LogP contribution in [0.2, 0.25) is 0 Å². The van der Waals surface area contributed by atoms with Crippen LogP contribution in [0.1, 0.15) is 30.9 Å². The Morgan fingerprint density at radius 1 is 1.08 bits per heavy atom. The zero-order valence-corrected chi connectivity index (χ0v) is 15.5. The number of likely N-dealkylation sites (tertiary alicyclic amines) is 1. The molecule has 2 aliphatic rings. The predicted octanol–water partition coefficient (Wildman–Crippen LogP) is 0.926. The van der Waals surface area contributed by atoms with E-state index >= 15 is 0 Å². The Morgan fingerprint density at radius 3 is 2.50 bits per heavy atom. The van der Waals surface area contributed by atoms with Crippen LogP contribution in [0, 0.1) is 0 Å². The van der Waals surface area contributed by atoms with Crippen LogP contribution in [0.5, 0.6) is 0 Å². The molecule has 0 N–H and O–H groups in total. The molecule has 142 valence electrons. The molecule has 1 aromatic rings. The Hall–Kier alpha value is -1.99. The van der Waals surface area contributed by atoms with Gasteiger partial charge in [0.15, 0.2) is 0 Å². The highest BCUT2D eigenvalue weighted by Crippen LogP contribution is 2.27. The molecule has 1 atom stereocenters. The highest BCUT2D eigenvalue weighted by Gasteiger charge is 2.34. The van der Waals surface area contributed by atoms with Crippen molar-refractivity contribution in [3.63, 3.8) is 0 Å². The fourth-order valence-electron chi connectivity index (χ4n) is 3.82. The van der Waals surface area contributed by atoms with Crippen LogP contribution < -0.4 is 0 Å². The van der Waals surface area contributed by atoms with Gasteiger partial charge in [-0.3, -0.25) is 19.5 Å². The molecule has 0 bridgehead atoms. The maximum absolute atomic E-state index is 13.4. The molecule has 2 aliphatic heterocycles. The van der Waals surface area contributed by atoms with Crippen molar-refractivity contribution < 1.29 is 14.3 Å². The van der Waals surface area contributed by atoms with Crippen LogP contribution in [0.3, 0.4) is 0 Å². The monoisotopic (exact) mass is 360 g/mol. The molecule has 2 saturated heterocycles. The second-order valence-corrected chi connectivity index (χ2v) is 6.92. The molecule has 0 aromatic carbocycles. The maximum atomic E-state index is 13.4. The largest absolute Gasteiger partial charge is 0.375 e. The van der Waals surface area contributed by atoms with Crippen LogP contribution >= 0.6 is 0 Å². The fourth-order valence-corrected chi connectivity index (χ4v) is 3.82. The Bertz CT molecular complexity index is 604. The maximum Gasteiger partial charge on any atom is 0.248 e. The minimum absolute atomic E-state index is 0.00912. The van der Waals surface area contributed by atoms with Crippen molar-refractivity contribution in [2.75, 3.05) is 53.0 Å². The number of ether oxygens (including phenoxy) is 1. The summed E-state index contributed by atoms with van der Waals surface area (Å²) in [5.74, 6) is 0.117. The van der Waals surface area contributed by atoms with E-state index in [-0.39, 0.29) is 24.5 Å². The first kappa shape index (κ1) is 18.8. The van der Waals surface area contributed by atoms with E-state index in [0.717, 1.165) is 37.9 Å². The fraction of sp³-hybridized carbons (Fsp3) is 0.632. The van der Waals surface area contributed by atoms with E-state index in [2.05, 4.69) is 9.88 Å². The van der Waals surface area contributed by atoms with E-state index < -0.39 is 0 Å². The second-order valence-electron chi connectivity index (χ2n) is 6.92. The van der Waals surface area contributed by atoms with Gasteiger partial charge in [0, 0.05) is 45.7 Å². The van der Waals surface area contributed by atoms with Gasteiger partial charge >= 0.3 is 0 Å². The normalized spacial score (nSPS) is 20.0. The first-order valence-corrected chi connectivity index (χ1v) is 9.40. The molecule has 2 fully saturated rings. The lowest BCUT2D eigenvalue weighted by Crippen LogP contribution is -2.44. The smallest absolute Gasteiger partial charge is 0.248 e.